The monoisotopic (exact) mass is 230 g/mol. The second kappa shape index (κ2) is 7.32. The molecule has 0 aromatic carbocycles. The normalized spacial score (nSPS) is 9.22. The van der Waals surface area contributed by atoms with Gasteiger partial charge in [-0.15, -0.1) is 0 Å². The van der Waals surface area contributed by atoms with Crippen molar-refractivity contribution in [3.63, 3.8) is 0 Å². The Kier molecular flexibility index (Phi) is 13.6. The third-order valence-corrected chi connectivity index (χ3v) is 1.38. The van der Waals surface area contributed by atoms with Crippen LogP contribution in [0.15, 0.2) is 0 Å². The molecule has 0 atom stereocenters. The molecule has 0 aromatic rings. The molecule has 1 radical (unpaired) electrons. The summed E-state index contributed by atoms with van der Waals surface area (Å²) in [6.45, 7) is 0. The summed E-state index contributed by atoms with van der Waals surface area (Å²) in [5, 5.41) is 0. The summed E-state index contributed by atoms with van der Waals surface area (Å²) >= 11 is 0. The number of phosphoric acid groups is 1. The predicted molar refractivity (Wildman–Crippen MR) is 30.3 cm³/mol. The van der Waals surface area contributed by atoms with Crippen molar-refractivity contribution in [1.82, 2.24) is 0 Å². The summed E-state index contributed by atoms with van der Waals surface area (Å²) in [6.07, 6.45) is 0. The first kappa shape index (κ1) is 16.7. The van der Waals surface area contributed by atoms with Gasteiger partial charge in [0.1, 0.15) is 0 Å². The van der Waals surface area contributed by atoms with Crippen molar-refractivity contribution < 1.29 is 51.2 Å². The summed E-state index contributed by atoms with van der Waals surface area (Å²) in [6, 6.07) is 0. The van der Waals surface area contributed by atoms with Crippen LogP contribution in [0.2, 0.25) is 0 Å². The Labute approximate surface area is 80.4 Å². The van der Waals surface area contributed by atoms with Gasteiger partial charge in [0.15, 0.2) is 0 Å². The SMILES string of the molecule is COP(=O)(O)OC.[CH3-].[Y]. The van der Waals surface area contributed by atoms with Crippen LogP contribution in [0.4, 0.5) is 0 Å². The third kappa shape index (κ3) is 9.21. The summed E-state index contributed by atoms with van der Waals surface area (Å²) in [4.78, 5) is 8.24. The first-order valence-electron chi connectivity index (χ1n) is 1.56. The summed E-state index contributed by atoms with van der Waals surface area (Å²) in [5.74, 6) is 0. The molecular formula is C3H10O4PY-. The summed E-state index contributed by atoms with van der Waals surface area (Å²) in [7, 11) is -1.45. The largest absolute Gasteiger partial charge is 0.471 e. The molecule has 0 saturated carbocycles. The molecule has 0 fully saturated rings. The van der Waals surface area contributed by atoms with Gasteiger partial charge >= 0.3 is 7.82 Å². The van der Waals surface area contributed by atoms with Crippen LogP contribution in [0.3, 0.4) is 0 Å². The smallest absolute Gasteiger partial charge is 0.358 e. The molecule has 9 heavy (non-hydrogen) atoms. The standard InChI is InChI=1S/C2H7O4P.CH3.Y/c1-5-7(3,4)6-2;;/h1-2H3,(H,3,4);1H3;/q;-1;. The van der Waals surface area contributed by atoms with Crippen molar-refractivity contribution in [2.24, 2.45) is 0 Å². The van der Waals surface area contributed by atoms with Gasteiger partial charge in [-0.3, -0.25) is 9.05 Å². The molecule has 0 aliphatic heterocycles. The van der Waals surface area contributed by atoms with E-state index >= 15 is 0 Å². The van der Waals surface area contributed by atoms with Crippen molar-refractivity contribution >= 4 is 7.82 Å². The average molecular weight is 230 g/mol. The molecule has 0 aromatic heterocycles. The van der Waals surface area contributed by atoms with Crippen molar-refractivity contribution in [3.05, 3.63) is 7.43 Å². The maximum absolute atomic E-state index is 10.1. The van der Waals surface area contributed by atoms with E-state index < -0.39 is 7.82 Å². The molecule has 0 unspecified atom stereocenters. The molecule has 0 aliphatic rings. The molecule has 0 bridgehead atoms. The van der Waals surface area contributed by atoms with Gasteiger partial charge in [-0.2, -0.15) is 0 Å². The van der Waals surface area contributed by atoms with Gasteiger partial charge in [0.25, 0.3) is 0 Å². The van der Waals surface area contributed by atoms with Gasteiger partial charge in [-0.25, -0.2) is 4.57 Å². The zero-order valence-corrected chi connectivity index (χ0v) is 9.43. The second-order valence-corrected chi connectivity index (χ2v) is 2.50. The van der Waals surface area contributed by atoms with Crippen LogP contribution in [0.5, 0.6) is 0 Å². The average Bonchev–Trinajstić information content (AvgIpc) is 1.68. The van der Waals surface area contributed by atoms with E-state index in [9.17, 15) is 4.57 Å². The molecule has 55 valence electrons. The minimum Gasteiger partial charge on any atom is -0.358 e. The maximum atomic E-state index is 10.1. The first-order valence-corrected chi connectivity index (χ1v) is 3.06. The van der Waals surface area contributed by atoms with E-state index in [1.165, 1.54) is 0 Å². The number of phosphoric ester groups is 1. The van der Waals surface area contributed by atoms with E-state index in [4.69, 9.17) is 4.89 Å². The minimum absolute atomic E-state index is 0. The predicted octanol–water partition coefficient (Wildman–Crippen LogP) is 0.827. The Morgan fingerprint density at radius 2 is 1.56 bits per heavy atom. The quantitative estimate of drug-likeness (QED) is 0.563. The molecule has 0 heterocycles. The fourth-order valence-electron chi connectivity index (χ4n) is 0.0745. The molecule has 1 N–H and O–H groups in total. The Morgan fingerprint density at radius 3 is 1.56 bits per heavy atom. The van der Waals surface area contributed by atoms with E-state index in [-0.39, 0.29) is 40.1 Å². The summed E-state index contributed by atoms with van der Waals surface area (Å²) in [5.41, 5.74) is 0. The van der Waals surface area contributed by atoms with Gasteiger partial charge < -0.3 is 12.3 Å². The van der Waals surface area contributed by atoms with Crippen LogP contribution in [-0.4, -0.2) is 19.1 Å². The molecule has 6 heteroatoms. The first-order chi connectivity index (χ1) is 3.12. The summed E-state index contributed by atoms with van der Waals surface area (Å²) < 4.78 is 18.0. The van der Waals surface area contributed by atoms with Gasteiger partial charge in [0, 0.05) is 46.9 Å². The second-order valence-electron chi connectivity index (χ2n) is 0.834. The topological polar surface area (TPSA) is 55.8 Å². The molecule has 0 saturated heterocycles. The van der Waals surface area contributed by atoms with Gasteiger partial charge in [-0.05, 0) is 0 Å². The molecule has 0 aliphatic carbocycles. The number of hydrogen-bond acceptors (Lipinski definition) is 3. The van der Waals surface area contributed by atoms with Crippen molar-refractivity contribution in [2.45, 2.75) is 0 Å². The number of hydrogen-bond donors (Lipinski definition) is 1. The van der Waals surface area contributed by atoms with Gasteiger partial charge in [-0.1, -0.05) is 0 Å². The van der Waals surface area contributed by atoms with Crippen LogP contribution >= 0.6 is 7.82 Å². The zero-order chi connectivity index (χ0) is 5.91. The van der Waals surface area contributed by atoms with Crippen LogP contribution in [0.25, 0.3) is 0 Å². The van der Waals surface area contributed by atoms with E-state index in [0.717, 1.165) is 14.2 Å². The van der Waals surface area contributed by atoms with Crippen molar-refractivity contribution in [3.8, 4) is 0 Å². The minimum atomic E-state index is -3.65. The molecule has 4 nitrogen and oxygen atoms in total. The molecule has 0 amide bonds. The van der Waals surface area contributed by atoms with Crippen LogP contribution < -0.4 is 0 Å². The molecule has 0 rings (SSSR count). The van der Waals surface area contributed by atoms with Crippen LogP contribution in [0.1, 0.15) is 0 Å². The number of rotatable bonds is 2. The third-order valence-electron chi connectivity index (χ3n) is 0.461. The van der Waals surface area contributed by atoms with E-state index in [2.05, 4.69) is 9.05 Å². The van der Waals surface area contributed by atoms with E-state index in [1.54, 1.807) is 0 Å². The maximum Gasteiger partial charge on any atom is 0.471 e. The Morgan fingerprint density at radius 1 is 1.33 bits per heavy atom. The van der Waals surface area contributed by atoms with E-state index in [0.29, 0.717) is 0 Å². The van der Waals surface area contributed by atoms with Crippen LogP contribution in [0, 0.1) is 7.43 Å². The van der Waals surface area contributed by atoms with E-state index in [1.807, 2.05) is 0 Å². The Balaban J connectivity index is -0.000000180. The fraction of sp³-hybridized carbons (Fsp3) is 0.667. The Hall–Kier alpha value is 1.21. The van der Waals surface area contributed by atoms with Gasteiger partial charge in [0.05, 0.1) is 0 Å². The zero-order valence-electron chi connectivity index (χ0n) is 5.70. The van der Waals surface area contributed by atoms with Crippen molar-refractivity contribution in [1.29, 1.82) is 0 Å². The van der Waals surface area contributed by atoms with Crippen LogP contribution in [-0.2, 0) is 46.3 Å². The fourth-order valence-corrected chi connectivity index (χ4v) is 0.224. The molecule has 0 spiro atoms. The Bertz CT molecular complexity index is 87.8. The van der Waals surface area contributed by atoms with Gasteiger partial charge in [0.2, 0.25) is 0 Å². The molecular weight excluding hydrogens is 220 g/mol. The van der Waals surface area contributed by atoms with Crippen molar-refractivity contribution in [2.75, 3.05) is 14.2 Å².